The number of amides is 3. The number of aliphatic carboxylic acids is 1. The molecular formula is C25H34N4O6. The van der Waals surface area contributed by atoms with Crippen LogP contribution < -0.4 is 10.6 Å². The summed E-state index contributed by atoms with van der Waals surface area (Å²) in [5.74, 6) is -2.04. The lowest BCUT2D eigenvalue weighted by molar-refractivity contribution is -0.142. The number of hydrogen-bond donors (Lipinski definition) is 4. The van der Waals surface area contributed by atoms with E-state index in [2.05, 4.69) is 15.6 Å². The maximum absolute atomic E-state index is 13.5. The maximum Gasteiger partial charge on any atom is 0.408 e. The van der Waals surface area contributed by atoms with Crippen LogP contribution in [0.5, 0.6) is 0 Å². The number of fused-ring (bicyclic) bond motifs is 1. The van der Waals surface area contributed by atoms with Gasteiger partial charge in [-0.15, -0.1) is 0 Å². The molecule has 4 N–H and O–H groups in total. The number of hydrogen-bond acceptors (Lipinski definition) is 5. The van der Waals surface area contributed by atoms with Crippen molar-refractivity contribution in [1.82, 2.24) is 20.5 Å². The van der Waals surface area contributed by atoms with Crippen LogP contribution in [0.2, 0.25) is 0 Å². The SMILES string of the molecule is CC(NC(=O)C1CCN(C(=O)C(Cc2c[nH]c3ccccc23)NC(=O)OC(C)(C)C)CC1)C(=O)O. The summed E-state index contributed by atoms with van der Waals surface area (Å²) in [6.45, 7) is 7.34. The van der Waals surface area contributed by atoms with Crippen molar-refractivity contribution in [3.05, 3.63) is 36.0 Å². The van der Waals surface area contributed by atoms with Crippen LogP contribution in [0.1, 0.15) is 46.1 Å². The van der Waals surface area contributed by atoms with E-state index in [4.69, 9.17) is 9.84 Å². The molecule has 2 atom stereocenters. The third kappa shape index (κ3) is 6.97. The van der Waals surface area contributed by atoms with Crippen LogP contribution in [-0.2, 0) is 25.5 Å². The fourth-order valence-electron chi connectivity index (χ4n) is 4.15. The van der Waals surface area contributed by atoms with Gasteiger partial charge in [0.25, 0.3) is 0 Å². The fourth-order valence-corrected chi connectivity index (χ4v) is 4.15. The summed E-state index contributed by atoms with van der Waals surface area (Å²) in [6, 6.07) is 5.92. The number of carboxylic acids is 1. The van der Waals surface area contributed by atoms with Gasteiger partial charge in [-0.2, -0.15) is 0 Å². The molecule has 10 heteroatoms. The molecule has 3 rings (SSSR count). The second-order valence-electron chi connectivity index (χ2n) is 9.93. The fraction of sp³-hybridized carbons (Fsp3) is 0.520. The largest absolute Gasteiger partial charge is 0.480 e. The Hall–Kier alpha value is -3.56. The second kappa shape index (κ2) is 10.8. The molecule has 2 heterocycles. The van der Waals surface area contributed by atoms with Gasteiger partial charge in [-0.1, -0.05) is 18.2 Å². The number of aromatic nitrogens is 1. The smallest absolute Gasteiger partial charge is 0.408 e. The van der Waals surface area contributed by atoms with Gasteiger partial charge in [0.15, 0.2) is 0 Å². The average Bonchev–Trinajstić information content (AvgIpc) is 3.19. The predicted molar refractivity (Wildman–Crippen MR) is 130 cm³/mol. The number of H-pyrrole nitrogens is 1. The average molecular weight is 487 g/mol. The Morgan fingerprint density at radius 1 is 1.14 bits per heavy atom. The first-order valence-electron chi connectivity index (χ1n) is 11.8. The van der Waals surface area contributed by atoms with Crippen molar-refractivity contribution in [3.63, 3.8) is 0 Å². The summed E-state index contributed by atoms with van der Waals surface area (Å²) in [5, 5.41) is 15.2. The van der Waals surface area contributed by atoms with Gasteiger partial charge in [0.2, 0.25) is 11.8 Å². The highest BCUT2D eigenvalue weighted by molar-refractivity contribution is 5.89. The number of carbonyl (C=O) groups is 4. The molecule has 1 fully saturated rings. The quantitative estimate of drug-likeness (QED) is 0.474. The van der Waals surface area contributed by atoms with Crippen LogP contribution in [-0.4, -0.2) is 69.6 Å². The lowest BCUT2D eigenvalue weighted by Crippen LogP contribution is -2.53. The predicted octanol–water partition coefficient (Wildman–Crippen LogP) is 2.43. The van der Waals surface area contributed by atoms with E-state index in [1.165, 1.54) is 6.92 Å². The molecular weight excluding hydrogens is 452 g/mol. The summed E-state index contributed by atoms with van der Waals surface area (Å²) in [6.07, 6.45) is 2.26. The number of ether oxygens (including phenoxy) is 1. The zero-order valence-corrected chi connectivity index (χ0v) is 20.6. The van der Waals surface area contributed by atoms with E-state index >= 15 is 0 Å². The van der Waals surface area contributed by atoms with Crippen LogP contribution in [0.15, 0.2) is 30.5 Å². The Kier molecular flexibility index (Phi) is 8.03. The van der Waals surface area contributed by atoms with Crippen molar-refractivity contribution in [2.45, 2.75) is 64.6 Å². The summed E-state index contributed by atoms with van der Waals surface area (Å²) >= 11 is 0. The first kappa shape index (κ1) is 26.1. The van der Waals surface area contributed by atoms with E-state index in [1.54, 1.807) is 25.7 Å². The Labute approximate surface area is 204 Å². The van der Waals surface area contributed by atoms with E-state index in [1.807, 2.05) is 30.5 Å². The zero-order valence-electron chi connectivity index (χ0n) is 20.6. The third-order valence-electron chi connectivity index (χ3n) is 5.99. The number of carbonyl (C=O) groups excluding carboxylic acids is 3. The first-order valence-corrected chi connectivity index (χ1v) is 11.8. The molecule has 1 saturated heterocycles. The molecule has 1 aliphatic heterocycles. The second-order valence-corrected chi connectivity index (χ2v) is 9.93. The van der Waals surface area contributed by atoms with Gasteiger partial charge in [0.05, 0.1) is 0 Å². The van der Waals surface area contributed by atoms with Crippen molar-refractivity contribution < 1.29 is 29.0 Å². The van der Waals surface area contributed by atoms with Gasteiger partial charge in [-0.05, 0) is 52.2 Å². The number of likely N-dealkylation sites (tertiary alicyclic amines) is 1. The van der Waals surface area contributed by atoms with Crippen LogP contribution in [0, 0.1) is 5.92 Å². The van der Waals surface area contributed by atoms with Crippen molar-refractivity contribution in [2.75, 3.05) is 13.1 Å². The number of nitrogens with one attached hydrogen (secondary N) is 3. The molecule has 35 heavy (non-hydrogen) atoms. The molecule has 1 aromatic carbocycles. The van der Waals surface area contributed by atoms with Gasteiger partial charge in [-0.25, -0.2) is 4.79 Å². The molecule has 0 radical (unpaired) electrons. The normalized spacial score (nSPS) is 16.4. The molecule has 2 aromatic rings. The third-order valence-corrected chi connectivity index (χ3v) is 5.99. The highest BCUT2D eigenvalue weighted by Gasteiger charge is 2.33. The number of carboxylic acid groups (broad SMARTS) is 1. The number of benzene rings is 1. The van der Waals surface area contributed by atoms with Crippen LogP contribution in [0.25, 0.3) is 10.9 Å². The number of para-hydroxylation sites is 1. The van der Waals surface area contributed by atoms with Gasteiger partial charge in [0, 0.05) is 42.5 Å². The Bertz CT molecular complexity index is 1080. The number of aromatic amines is 1. The summed E-state index contributed by atoms with van der Waals surface area (Å²) in [4.78, 5) is 54.2. The molecule has 3 amide bonds. The van der Waals surface area contributed by atoms with Crippen molar-refractivity contribution in [2.24, 2.45) is 5.92 Å². The highest BCUT2D eigenvalue weighted by atomic mass is 16.6. The standard InChI is InChI=1S/C25H34N4O6/c1-15(23(32)33)27-21(30)16-9-11-29(12-10-16)22(31)20(28-24(34)35-25(2,3)4)13-17-14-26-19-8-6-5-7-18(17)19/h5-8,14-16,20,26H,9-13H2,1-4H3,(H,27,30)(H,28,34)(H,32,33). The lowest BCUT2D eigenvalue weighted by atomic mass is 9.94. The van der Waals surface area contributed by atoms with Crippen LogP contribution in [0.4, 0.5) is 4.79 Å². The highest BCUT2D eigenvalue weighted by Crippen LogP contribution is 2.22. The summed E-state index contributed by atoms with van der Waals surface area (Å²) < 4.78 is 5.39. The molecule has 1 aromatic heterocycles. The number of piperidine rings is 1. The van der Waals surface area contributed by atoms with Crippen molar-refractivity contribution >= 4 is 34.8 Å². The van der Waals surface area contributed by atoms with E-state index in [0.29, 0.717) is 25.9 Å². The number of nitrogens with zero attached hydrogens (tertiary/aromatic N) is 1. The lowest BCUT2D eigenvalue weighted by Gasteiger charge is -2.34. The zero-order chi connectivity index (χ0) is 25.8. The summed E-state index contributed by atoms with van der Waals surface area (Å²) in [7, 11) is 0. The Morgan fingerprint density at radius 2 is 1.80 bits per heavy atom. The molecule has 2 unspecified atom stereocenters. The van der Waals surface area contributed by atoms with E-state index < -0.39 is 29.7 Å². The van der Waals surface area contributed by atoms with E-state index in [-0.39, 0.29) is 24.2 Å². The first-order chi connectivity index (χ1) is 16.4. The number of rotatable bonds is 7. The van der Waals surface area contributed by atoms with Gasteiger partial charge in [-0.3, -0.25) is 14.4 Å². The minimum Gasteiger partial charge on any atom is -0.480 e. The molecule has 1 aliphatic rings. The Morgan fingerprint density at radius 3 is 2.43 bits per heavy atom. The topological polar surface area (TPSA) is 141 Å². The molecule has 0 saturated carbocycles. The monoisotopic (exact) mass is 486 g/mol. The molecule has 0 aliphatic carbocycles. The van der Waals surface area contributed by atoms with Crippen LogP contribution in [0.3, 0.4) is 0 Å². The van der Waals surface area contributed by atoms with E-state index in [9.17, 15) is 19.2 Å². The van der Waals surface area contributed by atoms with E-state index in [0.717, 1.165) is 16.5 Å². The maximum atomic E-state index is 13.5. The van der Waals surface area contributed by atoms with Crippen molar-refractivity contribution in [3.8, 4) is 0 Å². The van der Waals surface area contributed by atoms with Gasteiger partial charge < -0.3 is 30.4 Å². The van der Waals surface area contributed by atoms with Gasteiger partial charge in [0.1, 0.15) is 17.7 Å². The van der Waals surface area contributed by atoms with Crippen LogP contribution >= 0.6 is 0 Å². The molecule has 10 nitrogen and oxygen atoms in total. The summed E-state index contributed by atoms with van der Waals surface area (Å²) in [5.41, 5.74) is 1.12. The number of alkyl carbamates (subject to hydrolysis) is 1. The van der Waals surface area contributed by atoms with Crippen molar-refractivity contribution in [1.29, 1.82) is 0 Å². The Balaban J connectivity index is 1.70. The molecule has 0 spiro atoms. The minimum absolute atomic E-state index is 0.251. The minimum atomic E-state index is -1.10. The molecule has 0 bridgehead atoms. The molecule has 190 valence electrons. The van der Waals surface area contributed by atoms with Gasteiger partial charge >= 0.3 is 12.1 Å².